The van der Waals surface area contributed by atoms with Crippen molar-refractivity contribution in [1.82, 2.24) is 5.32 Å². The predicted octanol–water partition coefficient (Wildman–Crippen LogP) is 2.29. The van der Waals surface area contributed by atoms with Gasteiger partial charge < -0.3 is 5.32 Å². The van der Waals surface area contributed by atoms with E-state index in [2.05, 4.69) is 35.5 Å². The molecule has 1 aromatic rings. The fraction of sp³-hybridized carbons (Fsp3) is 0.385. The third-order valence-corrected chi connectivity index (χ3v) is 2.97. The normalized spacial score (nSPS) is 25.9. The van der Waals surface area contributed by atoms with Crippen molar-refractivity contribution in [1.29, 1.82) is 0 Å². The number of rotatable bonds is 2. The minimum absolute atomic E-state index is 0.0516. The predicted molar refractivity (Wildman–Crippen MR) is 58.8 cm³/mol. The van der Waals surface area contributed by atoms with Crippen molar-refractivity contribution in [3.8, 4) is 12.3 Å². The Kier molecular flexibility index (Phi) is 2.56. The summed E-state index contributed by atoms with van der Waals surface area (Å²) < 4.78 is 0. The van der Waals surface area contributed by atoms with Crippen LogP contribution in [0, 0.1) is 12.3 Å². The highest BCUT2D eigenvalue weighted by molar-refractivity contribution is 5.27. The molecule has 1 aromatic carbocycles. The summed E-state index contributed by atoms with van der Waals surface area (Å²) in [5.74, 6) is 2.79. The minimum Gasteiger partial charge on any atom is -0.307 e. The Labute approximate surface area is 85.5 Å². The number of hydrogen-bond acceptors (Lipinski definition) is 1. The van der Waals surface area contributed by atoms with Crippen LogP contribution in [0.15, 0.2) is 30.3 Å². The third-order valence-electron chi connectivity index (χ3n) is 2.97. The first-order valence-electron chi connectivity index (χ1n) is 5.11. The van der Waals surface area contributed by atoms with E-state index in [0.717, 1.165) is 19.4 Å². The molecule has 0 saturated carbocycles. The van der Waals surface area contributed by atoms with Crippen LogP contribution < -0.4 is 5.32 Å². The van der Waals surface area contributed by atoms with E-state index in [1.54, 1.807) is 0 Å². The second-order valence-corrected chi connectivity index (χ2v) is 3.86. The molecule has 0 bridgehead atoms. The zero-order valence-electron chi connectivity index (χ0n) is 8.29. The number of hydrogen-bond donors (Lipinski definition) is 1. The van der Waals surface area contributed by atoms with Gasteiger partial charge in [0.2, 0.25) is 0 Å². The Morgan fingerprint density at radius 3 is 2.71 bits per heavy atom. The molecule has 1 nitrogen and oxygen atoms in total. The van der Waals surface area contributed by atoms with Gasteiger partial charge in [-0.05, 0) is 24.9 Å². The lowest BCUT2D eigenvalue weighted by Crippen LogP contribution is -2.36. The van der Waals surface area contributed by atoms with E-state index in [1.807, 2.05) is 6.07 Å². The molecule has 72 valence electrons. The van der Waals surface area contributed by atoms with Crippen LogP contribution in [0.4, 0.5) is 0 Å². The molecule has 0 radical (unpaired) electrons. The van der Waals surface area contributed by atoms with Gasteiger partial charge in [-0.1, -0.05) is 30.3 Å². The first-order valence-corrected chi connectivity index (χ1v) is 5.11. The number of nitrogens with one attached hydrogen (secondary N) is 1. The zero-order valence-corrected chi connectivity index (χ0v) is 8.29. The first-order chi connectivity index (χ1) is 6.87. The van der Waals surface area contributed by atoms with Gasteiger partial charge in [-0.15, -0.1) is 12.3 Å². The van der Waals surface area contributed by atoms with Gasteiger partial charge in [0.05, 0.1) is 5.54 Å². The second-order valence-electron chi connectivity index (χ2n) is 3.86. The molecular weight excluding hydrogens is 170 g/mol. The fourth-order valence-electron chi connectivity index (χ4n) is 2.24. The molecule has 0 amide bonds. The summed E-state index contributed by atoms with van der Waals surface area (Å²) in [5, 5.41) is 3.54. The summed E-state index contributed by atoms with van der Waals surface area (Å²) >= 11 is 0. The van der Waals surface area contributed by atoms with E-state index in [4.69, 9.17) is 6.42 Å². The van der Waals surface area contributed by atoms with Crippen molar-refractivity contribution in [2.75, 3.05) is 6.54 Å². The Morgan fingerprint density at radius 1 is 1.36 bits per heavy atom. The lowest BCUT2D eigenvalue weighted by Gasteiger charge is -2.28. The molecule has 2 rings (SSSR count). The van der Waals surface area contributed by atoms with Crippen LogP contribution in [-0.2, 0) is 5.54 Å². The smallest absolute Gasteiger partial charge is 0.0545 e. The average molecular weight is 185 g/mol. The Hall–Kier alpha value is -1.26. The maximum atomic E-state index is 5.44. The first kappa shape index (κ1) is 9.30. The van der Waals surface area contributed by atoms with E-state index >= 15 is 0 Å². The van der Waals surface area contributed by atoms with E-state index in [1.165, 1.54) is 12.0 Å². The van der Waals surface area contributed by atoms with Crippen LogP contribution in [0.3, 0.4) is 0 Å². The van der Waals surface area contributed by atoms with Crippen LogP contribution in [-0.4, -0.2) is 6.54 Å². The summed E-state index contributed by atoms with van der Waals surface area (Å²) in [6.45, 7) is 1.08. The molecule has 14 heavy (non-hydrogen) atoms. The van der Waals surface area contributed by atoms with Crippen molar-refractivity contribution < 1.29 is 0 Å². The van der Waals surface area contributed by atoms with Crippen LogP contribution >= 0.6 is 0 Å². The van der Waals surface area contributed by atoms with Crippen molar-refractivity contribution in [2.45, 2.75) is 24.8 Å². The summed E-state index contributed by atoms with van der Waals surface area (Å²) in [7, 11) is 0. The zero-order chi connectivity index (χ0) is 9.86. The molecule has 1 heterocycles. The van der Waals surface area contributed by atoms with Crippen molar-refractivity contribution in [3.05, 3.63) is 35.9 Å². The summed E-state index contributed by atoms with van der Waals surface area (Å²) in [6.07, 6.45) is 8.60. The maximum Gasteiger partial charge on any atom is 0.0545 e. The molecule has 0 aromatic heterocycles. The van der Waals surface area contributed by atoms with Crippen molar-refractivity contribution in [2.24, 2.45) is 0 Å². The largest absolute Gasteiger partial charge is 0.307 e. The topological polar surface area (TPSA) is 12.0 Å². The Morgan fingerprint density at radius 2 is 2.14 bits per heavy atom. The van der Waals surface area contributed by atoms with Crippen molar-refractivity contribution >= 4 is 0 Å². The Balaban J connectivity index is 2.32. The average Bonchev–Trinajstić information content (AvgIpc) is 2.70. The molecule has 1 heteroatoms. The van der Waals surface area contributed by atoms with Gasteiger partial charge in [0.15, 0.2) is 0 Å². The van der Waals surface area contributed by atoms with E-state index in [9.17, 15) is 0 Å². The molecule has 0 aliphatic carbocycles. The van der Waals surface area contributed by atoms with E-state index in [0.29, 0.717) is 0 Å². The lowest BCUT2D eigenvalue weighted by atomic mass is 9.85. The standard InChI is InChI=1S/C13H15N/c1-2-9-13(10-6-11-14-13)12-7-4-3-5-8-12/h1,3-5,7-8,14H,6,9-11H2/t13-/m0/s1. The van der Waals surface area contributed by atoms with Gasteiger partial charge in [-0.25, -0.2) is 0 Å². The van der Waals surface area contributed by atoms with Gasteiger partial charge in [0.25, 0.3) is 0 Å². The Bertz CT molecular complexity index is 328. The lowest BCUT2D eigenvalue weighted by molar-refractivity contribution is 0.401. The van der Waals surface area contributed by atoms with Gasteiger partial charge in [-0.2, -0.15) is 0 Å². The molecule has 1 N–H and O–H groups in total. The minimum atomic E-state index is 0.0516. The van der Waals surface area contributed by atoms with Crippen molar-refractivity contribution in [3.63, 3.8) is 0 Å². The monoisotopic (exact) mass is 185 g/mol. The highest BCUT2D eigenvalue weighted by Crippen LogP contribution is 2.33. The van der Waals surface area contributed by atoms with Crippen LogP contribution in [0.25, 0.3) is 0 Å². The molecule has 1 atom stereocenters. The second kappa shape index (κ2) is 3.86. The molecular formula is C13H15N. The van der Waals surface area contributed by atoms with Gasteiger partial charge >= 0.3 is 0 Å². The third kappa shape index (κ3) is 1.54. The highest BCUT2D eigenvalue weighted by Gasteiger charge is 2.33. The van der Waals surface area contributed by atoms with Gasteiger partial charge in [0.1, 0.15) is 0 Å². The quantitative estimate of drug-likeness (QED) is 0.697. The molecule has 1 aliphatic rings. The van der Waals surface area contributed by atoms with Gasteiger partial charge in [0, 0.05) is 6.42 Å². The van der Waals surface area contributed by atoms with Crippen LogP contribution in [0.1, 0.15) is 24.8 Å². The number of benzene rings is 1. The molecule has 1 aliphatic heterocycles. The van der Waals surface area contributed by atoms with E-state index in [-0.39, 0.29) is 5.54 Å². The molecule has 1 fully saturated rings. The highest BCUT2D eigenvalue weighted by atomic mass is 15.0. The number of terminal acetylenes is 1. The molecule has 0 unspecified atom stereocenters. The summed E-state index contributed by atoms with van der Waals surface area (Å²) in [6, 6.07) is 10.5. The molecule has 1 saturated heterocycles. The van der Waals surface area contributed by atoms with Crippen LogP contribution in [0.2, 0.25) is 0 Å². The van der Waals surface area contributed by atoms with E-state index < -0.39 is 0 Å². The van der Waals surface area contributed by atoms with Crippen LogP contribution in [0.5, 0.6) is 0 Å². The fourth-order valence-corrected chi connectivity index (χ4v) is 2.24. The summed E-state index contributed by atoms with van der Waals surface area (Å²) in [5.41, 5.74) is 1.38. The van der Waals surface area contributed by atoms with Gasteiger partial charge in [-0.3, -0.25) is 0 Å². The maximum absolute atomic E-state index is 5.44. The summed E-state index contributed by atoms with van der Waals surface area (Å²) in [4.78, 5) is 0. The molecule has 0 spiro atoms. The SMILES string of the molecule is C#CC[C@@]1(c2ccccc2)CCCN1.